The van der Waals surface area contributed by atoms with Crippen LogP contribution in [-0.4, -0.2) is 43.8 Å². The fourth-order valence-corrected chi connectivity index (χ4v) is 3.42. The van der Waals surface area contributed by atoms with Gasteiger partial charge in [-0.15, -0.1) is 5.10 Å². The predicted octanol–water partition coefficient (Wildman–Crippen LogP) is 2.96. The van der Waals surface area contributed by atoms with Gasteiger partial charge in [-0.2, -0.15) is 0 Å². The van der Waals surface area contributed by atoms with Crippen molar-refractivity contribution < 1.29 is 9.59 Å². The minimum atomic E-state index is -0.116. The second-order valence-corrected chi connectivity index (χ2v) is 7.99. The number of nitrogens with one attached hydrogen (secondary N) is 1. The number of carbonyl (C=O) groups is 2. The maximum atomic E-state index is 13.1. The second kappa shape index (κ2) is 7.74. The molecule has 152 valence electrons. The van der Waals surface area contributed by atoms with E-state index in [1.807, 2.05) is 59.5 Å². The van der Waals surface area contributed by atoms with Crippen molar-refractivity contribution in [1.82, 2.24) is 25.2 Å². The normalized spacial score (nSPS) is 15.6. The molecular weight excluding hydrogens is 378 g/mol. The van der Waals surface area contributed by atoms with E-state index in [0.717, 1.165) is 36.9 Å². The van der Waals surface area contributed by atoms with E-state index in [1.165, 1.54) is 0 Å². The first kappa shape index (κ1) is 18.5. The highest BCUT2D eigenvalue weighted by Gasteiger charge is 2.34. The fourth-order valence-electron chi connectivity index (χ4n) is 3.42. The van der Waals surface area contributed by atoms with E-state index < -0.39 is 0 Å². The maximum absolute atomic E-state index is 13.1. The van der Waals surface area contributed by atoms with Crippen LogP contribution < -0.4 is 5.32 Å². The quantitative estimate of drug-likeness (QED) is 0.660. The van der Waals surface area contributed by atoms with Gasteiger partial charge in [-0.1, -0.05) is 35.5 Å². The van der Waals surface area contributed by atoms with Crippen molar-refractivity contribution in [2.45, 2.75) is 44.3 Å². The lowest BCUT2D eigenvalue weighted by Gasteiger charge is -2.21. The molecule has 2 aromatic carbocycles. The number of aromatic nitrogens is 3. The Hall–Kier alpha value is -3.48. The summed E-state index contributed by atoms with van der Waals surface area (Å²) in [6.45, 7) is 0.492. The summed E-state index contributed by atoms with van der Waals surface area (Å²) in [5, 5.41) is 11.2. The summed E-state index contributed by atoms with van der Waals surface area (Å²) in [6.07, 6.45) is 5.81. The van der Waals surface area contributed by atoms with E-state index in [1.54, 1.807) is 10.9 Å². The van der Waals surface area contributed by atoms with Crippen molar-refractivity contribution in [3.8, 4) is 5.69 Å². The van der Waals surface area contributed by atoms with Crippen LogP contribution in [0, 0.1) is 0 Å². The van der Waals surface area contributed by atoms with Gasteiger partial charge >= 0.3 is 0 Å². The van der Waals surface area contributed by atoms with Gasteiger partial charge in [0.25, 0.3) is 11.8 Å². The van der Waals surface area contributed by atoms with Crippen molar-refractivity contribution >= 4 is 11.8 Å². The van der Waals surface area contributed by atoms with Gasteiger partial charge in [0.15, 0.2) is 5.69 Å². The summed E-state index contributed by atoms with van der Waals surface area (Å²) in [5.74, 6) is -0.146. The summed E-state index contributed by atoms with van der Waals surface area (Å²) in [4.78, 5) is 27.2. The first-order valence-electron chi connectivity index (χ1n) is 10.4. The Labute approximate surface area is 174 Å². The molecule has 2 saturated carbocycles. The molecule has 0 radical (unpaired) electrons. The smallest absolute Gasteiger partial charge is 0.276 e. The molecule has 0 spiro atoms. The lowest BCUT2D eigenvalue weighted by Crippen LogP contribution is -2.33. The van der Waals surface area contributed by atoms with Crippen LogP contribution in [-0.2, 0) is 6.54 Å². The van der Waals surface area contributed by atoms with E-state index in [2.05, 4.69) is 15.6 Å². The van der Waals surface area contributed by atoms with Gasteiger partial charge in [-0.25, -0.2) is 4.68 Å². The summed E-state index contributed by atoms with van der Waals surface area (Å²) in [7, 11) is 0. The van der Waals surface area contributed by atoms with Gasteiger partial charge in [0.1, 0.15) is 0 Å². The Morgan fingerprint density at radius 2 is 1.73 bits per heavy atom. The highest BCUT2D eigenvalue weighted by Crippen LogP contribution is 2.30. The van der Waals surface area contributed by atoms with Crippen LogP contribution in [0.1, 0.15) is 52.1 Å². The molecule has 1 N–H and O–H groups in total. The summed E-state index contributed by atoms with van der Waals surface area (Å²) in [6, 6.07) is 17.7. The van der Waals surface area contributed by atoms with Gasteiger partial charge < -0.3 is 10.2 Å². The molecule has 1 aromatic heterocycles. The number of amides is 2. The number of rotatable bonds is 7. The maximum Gasteiger partial charge on any atom is 0.276 e. The zero-order chi connectivity index (χ0) is 20.5. The predicted molar refractivity (Wildman–Crippen MR) is 111 cm³/mol. The highest BCUT2D eigenvalue weighted by atomic mass is 16.2. The van der Waals surface area contributed by atoms with Crippen molar-refractivity contribution in [3.63, 3.8) is 0 Å². The topological polar surface area (TPSA) is 80.1 Å². The molecule has 2 fully saturated rings. The average molecular weight is 401 g/mol. The van der Waals surface area contributed by atoms with Gasteiger partial charge in [0.2, 0.25) is 0 Å². The lowest BCUT2D eigenvalue weighted by atomic mass is 10.1. The van der Waals surface area contributed by atoms with Crippen molar-refractivity contribution in [3.05, 3.63) is 77.6 Å². The molecule has 7 heteroatoms. The molecule has 0 unspecified atom stereocenters. The highest BCUT2D eigenvalue weighted by molar-refractivity contribution is 5.94. The van der Waals surface area contributed by atoms with Crippen LogP contribution in [0.4, 0.5) is 0 Å². The molecular formula is C23H23N5O2. The third-order valence-corrected chi connectivity index (χ3v) is 5.46. The van der Waals surface area contributed by atoms with Crippen LogP contribution in [0.2, 0.25) is 0 Å². The number of carbonyl (C=O) groups excluding carboxylic acids is 2. The number of benzene rings is 2. The van der Waals surface area contributed by atoms with Crippen LogP contribution in [0.3, 0.4) is 0 Å². The van der Waals surface area contributed by atoms with Gasteiger partial charge in [-0.3, -0.25) is 9.59 Å². The van der Waals surface area contributed by atoms with Crippen LogP contribution in [0.15, 0.2) is 60.8 Å². The van der Waals surface area contributed by atoms with Gasteiger partial charge in [-0.05, 0) is 55.5 Å². The van der Waals surface area contributed by atoms with E-state index >= 15 is 0 Å². The monoisotopic (exact) mass is 401 g/mol. The minimum Gasteiger partial charge on any atom is -0.349 e. The molecule has 2 amide bonds. The first-order valence-corrected chi connectivity index (χ1v) is 10.4. The number of hydrogen-bond donors (Lipinski definition) is 1. The molecule has 2 aliphatic rings. The van der Waals surface area contributed by atoms with E-state index in [0.29, 0.717) is 23.8 Å². The third kappa shape index (κ3) is 4.10. The third-order valence-electron chi connectivity index (χ3n) is 5.46. The number of nitrogens with zero attached hydrogens (tertiary/aromatic N) is 4. The molecule has 0 aliphatic heterocycles. The Morgan fingerprint density at radius 1 is 1.00 bits per heavy atom. The van der Waals surface area contributed by atoms with Crippen LogP contribution in [0.25, 0.3) is 5.69 Å². The second-order valence-electron chi connectivity index (χ2n) is 7.99. The molecule has 0 bridgehead atoms. The first-order chi connectivity index (χ1) is 14.7. The fraction of sp³-hybridized carbons (Fsp3) is 0.304. The molecule has 3 aromatic rings. The Bertz CT molecular complexity index is 1050. The summed E-state index contributed by atoms with van der Waals surface area (Å²) in [5.41, 5.74) is 2.85. The minimum absolute atomic E-state index is 0.0308. The van der Waals surface area contributed by atoms with E-state index in [4.69, 9.17) is 0 Å². The van der Waals surface area contributed by atoms with Crippen molar-refractivity contribution in [2.75, 3.05) is 0 Å². The lowest BCUT2D eigenvalue weighted by molar-refractivity contribution is 0.0723. The zero-order valence-corrected chi connectivity index (χ0v) is 16.6. The molecule has 30 heavy (non-hydrogen) atoms. The summed E-state index contributed by atoms with van der Waals surface area (Å²) >= 11 is 0. The number of para-hydroxylation sites is 1. The largest absolute Gasteiger partial charge is 0.349 e. The van der Waals surface area contributed by atoms with E-state index in [9.17, 15) is 9.59 Å². The van der Waals surface area contributed by atoms with Gasteiger partial charge in [0, 0.05) is 24.2 Å². The molecule has 0 atom stereocenters. The Kier molecular flexibility index (Phi) is 4.78. The zero-order valence-electron chi connectivity index (χ0n) is 16.6. The SMILES string of the molecule is O=C(NC1CC1)c1ccc(CN(C(=O)c2cn(-c3ccccc3)nn2)C2CC2)cc1. The standard InChI is InChI=1S/C23H23N5O2/c29-22(24-18-10-11-18)17-8-6-16(7-9-17)14-27(19-12-13-19)23(30)21-15-28(26-25-21)20-4-2-1-3-5-20/h1-9,15,18-19H,10-14H2,(H,24,29). The number of hydrogen-bond acceptors (Lipinski definition) is 4. The molecule has 5 rings (SSSR count). The Balaban J connectivity index is 1.29. The summed E-state index contributed by atoms with van der Waals surface area (Å²) < 4.78 is 1.62. The Morgan fingerprint density at radius 3 is 2.40 bits per heavy atom. The van der Waals surface area contributed by atoms with Crippen molar-refractivity contribution in [2.24, 2.45) is 0 Å². The molecule has 0 saturated heterocycles. The van der Waals surface area contributed by atoms with E-state index in [-0.39, 0.29) is 17.9 Å². The van der Waals surface area contributed by atoms with Gasteiger partial charge in [0.05, 0.1) is 11.9 Å². The van der Waals surface area contributed by atoms with Crippen LogP contribution in [0.5, 0.6) is 0 Å². The molecule has 7 nitrogen and oxygen atoms in total. The van der Waals surface area contributed by atoms with Crippen LogP contribution >= 0.6 is 0 Å². The van der Waals surface area contributed by atoms with Crippen molar-refractivity contribution in [1.29, 1.82) is 0 Å². The average Bonchev–Trinajstić information content (AvgIpc) is 3.72. The molecule has 1 heterocycles. The molecule has 2 aliphatic carbocycles.